The van der Waals surface area contributed by atoms with E-state index >= 15 is 0 Å². The van der Waals surface area contributed by atoms with Crippen molar-refractivity contribution >= 4 is 33.8 Å². The molecule has 0 saturated carbocycles. The van der Waals surface area contributed by atoms with E-state index in [4.69, 9.17) is 0 Å². The summed E-state index contributed by atoms with van der Waals surface area (Å²) in [4.78, 5) is 12.2. The van der Waals surface area contributed by atoms with Gasteiger partial charge in [-0.2, -0.15) is 0 Å². The largest absolute Gasteiger partial charge is 1.00 e. The minimum absolute atomic E-state index is 0. The number of aromatic amines is 1. The van der Waals surface area contributed by atoms with Gasteiger partial charge in [-0.25, -0.2) is 4.98 Å². The van der Waals surface area contributed by atoms with E-state index in [1.165, 1.54) is 32.7 Å². The summed E-state index contributed by atoms with van der Waals surface area (Å²) in [6.45, 7) is 6.13. The van der Waals surface area contributed by atoms with Crippen LogP contribution in [-0.2, 0) is 0 Å². The van der Waals surface area contributed by atoms with Gasteiger partial charge in [0.05, 0.1) is 20.1 Å². The zero-order chi connectivity index (χ0) is 16.4. The van der Waals surface area contributed by atoms with E-state index in [0.717, 1.165) is 39.4 Å². The Morgan fingerprint density at radius 2 is 2.00 bits per heavy atom. The number of aromatic nitrogens is 4. The molecule has 0 aliphatic carbocycles. The van der Waals surface area contributed by atoms with E-state index in [1.54, 1.807) is 16.7 Å². The number of piperazine rings is 1. The lowest BCUT2D eigenvalue weighted by molar-refractivity contribution is -0.884. The number of nitrogens with zero attached hydrogens (tertiary/aromatic N) is 4. The molecule has 3 heterocycles. The third kappa shape index (κ3) is 4.23. The van der Waals surface area contributed by atoms with Crippen molar-refractivity contribution in [3.8, 4) is 0 Å². The number of benzene rings is 1. The SMILES string of the molecule is C[NH+]1CCN(CCCSc2nnc3c(n2)[nH]c2ccccc23)CC1.[Cl-]. The van der Waals surface area contributed by atoms with E-state index in [-0.39, 0.29) is 12.4 Å². The minimum atomic E-state index is 0. The second-order valence-corrected chi connectivity index (χ2v) is 7.53. The molecule has 134 valence electrons. The first-order chi connectivity index (χ1) is 11.8. The molecular formula is C17H23ClN6S. The van der Waals surface area contributed by atoms with Crippen LogP contribution in [-0.4, -0.2) is 70.6 Å². The molecule has 0 radical (unpaired) electrons. The molecule has 2 aromatic heterocycles. The number of H-pyrrole nitrogens is 1. The van der Waals surface area contributed by atoms with Gasteiger partial charge in [-0.1, -0.05) is 30.0 Å². The number of nitrogens with one attached hydrogen (secondary N) is 2. The lowest BCUT2D eigenvalue weighted by atomic mass is 10.2. The van der Waals surface area contributed by atoms with Crippen LogP contribution < -0.4 is 17.3 Å². The summed E-state index contributed by atoms with van der Waals surface area (Å²) in [5.41, 5.74) is 2.75. The van der Waals surface area contributed by atoms with Crippen molar-refractivity contribution in [3.05, 3.63) is 24.3 Å². The maximum Gasteiger partial charge on any atom is 0.211 e. The summed E-state index contributed by atoms with van der Waals surface area (Å²) in [5.74, 6) is 1.03. The number of hydrogen-bond acceptors (Lipinski definition) is 5. The maximum atomic E-state index is 4.62. The molecule has 3 aromatic rings. The Bertz CT molecular complexity index is 830. The van der Waals surface area contributed by atoms with Crippen LogP contribution in [0.2, 0.25) is 0 Å². The van der Waals surface area contributed by atoms with Crippen molar-refractivity contribution in [3.63, 3.8) is 0 Å². The molecule has 1 saturated heterocycles. The van der Waals surface area contributed by atoms with Gasteiger partial charge >= 0.3 is 0 Å². The van der Waals surface area contributed by atoms with Gasteiger partial charge in [0.15, 0.2) is 5.65 Å². The molecule has 25 heavy (non-hydrogen) atoms. The monoisotopic (exact) mass is 378 g/mol. The Morgan fingerprint density at radius 1 is 1.20 bits per heavy atom. The van der Waals surface area contributed by atoms with Crippen LogP contribution in [0, 0.1) is 0 Å². The fraction of sp³-hybridized carbons (Fsp3) is 0.471. The van der Waals surface area contributed by atoms with Crippen molar-refractivity contribution in [2.24, 2.45) is 0 Å². The fourth-order valence-corrected chi connectivity index (χ4v) is 3.89. The van der Waals surface area contributed by atoms with Gasteiger partial charge < -0.3 is 22.3 Å². The Hall–Kier alpha value is -1.41. The molecule has 4 rings (SSSR count). The molecule has 0 atom stereocenters. The molecular weight excluding hydrogens is 356 g/mol. The highest BCUT2D eigenvalue weighted by atomic mass is 35.5. The van der Waals surface area contributed by atoms with Crippen LogP contribution in [0.15, 0.2) is 29.4 Å². The van der Waals surface area contributed by atoms with E-state index in [9.17, 15) is 0 Å². The quantitative estimate of drug-likeness (QED) is 0.390. The topological polar surface area (TPSA) is 62.1 Å². The minimum Gasteiger partial charge on any atom is -1.00 e. The Labute approximate surface area is 157 Å². The van der Waals surface area contributed by atoms with E-state index in [0.29, 0.717) is 0 Å². The van der Waals surface area contributed by atoms with Gasteiger partial charge in [0.25, 0.3) is 0 Å². The summed E-state index contributed by atoms with van der Waals surface area (Å²) in [5, 5.41) is 10.5. The number of likely N-dealkylation sites (N-methyl/N-ethyl adjacent to an activating group) is 1. The summed E-state index contributed by atoms with van der Waals surface area (Å²) >= 11 is 1.70. The first-order valence-electron chi connectivity index (χ1n) is 8.57. The first kappa shape index (κ1) is 18.4. The highest BCUT2D eigenvalue weighted by Crippen LogP contribution is 2.23. The van der Waals surface area contributed by atoms with E-state index in [1.807, 2.05) is 18.2 Å². The number of fused-ring (bicyclic) bond motifs is 3. The third-order valence-corrected chi connectivity index (χ3v) is 5.59. The van der Waals surface area contributed by atoms with E-state index in [2.05, 4.69) is 38.2 Å². The standard InChI is InChI=1S/C17H22N6S.ClH/c1-22-8-10-23(11-9-22)7-4-12-24-17-19-16-15(20-21-17)13-5-2-3-6-14(13)18-16;/h2-3,5-6H,4,7-12H2,1H3,(H,18,19,21);1H. The number of para-hydroxylation sites is 1. The van der Waals surface area contributed by atoms with Gasteiger partial charge in [-0.05, 0) is 19.0 Å². The Balaban J connectivity index is 0.00000182. The van der Waals surface area contributed by atoms with Crippen LogP contribution in [0.3, 0.4) is 0 Å². The number of halogens is 1. The molecule has 8 heteroatoms. The molecule has 1 aromatic carbocycles. The van der Waals surface area contributed by atoms with Gasteiger partial charge in [0.1, 0.15) is 5.52 Å². The molecule has 1 aliphatic heterocycles. The van der Waals surface area contributed by atoms with Crippen molar-refractivity contribution in [2.45, 2.75) is 11.6 Å². The van der Waals surface area contributed by atoms with Gasteiger partial charge in [0, 0.05) is 29.7 Å². The third-order valence-electron chi connectivity index (χ3n) is 4.66. The van der Waals surface area contributed by atoms with Crippen LogP contribution in [0.25, 0.3) is 22.1 Å². The molecule has 0 spiro atoms. The summed E-state index contributed by atoms with van der Waals surface area (Å²) in [6, 6.07) is 8.12. The Morgan fingerprint density at radius 3 is 2.84 bits per heavy atom. The second-order valence-electron chi connectivity index (χ2n) is 6.46. The van der Waals surface area contributed by atoms with Gasteiger partial charge in [-0.3, -0.25) is 4.90 Å². The van der Waals surface area contributed by atoms with Gasteiger partial charge in [0.2, 0.25) is 5.16 Å². The molecule has 1 aliphatic rings. The number of quaternary nitrogens is 1. The van der Waals surface area contributed by atoms with Crippen molar-refractivity contribution in [1.29, 1.82) is 0 Å². The molecule has 0 bridgehead atoms. The highest BCUT2D eigenvalue weighted by molar-refractivity contribution is 7.99. The average molecular weight is 379 g/mol. The predicted molar refractivity (Wildman–Crippen MR) is 97.6 cm³/mol. The molecule has 0 unspecified atom stereocenters. The zero-order valence-electron chi connectivity index (χ0n) is 14.3. The second kappa shape index (κ2) is 8.31. The first-order valence-corrected chi connectivity index (χ1v) is 9.56. The molecule has 6 nitrogen and oxygen atoms in total. The lowest BCUT2D eigenvalue weighted by Crippen LogP contribution is -3.11. The van der Waals surface area contributed by atoms with Crippen LogP contribution in [0.4, 0.5) is 0 Å². The van der Waals surface area contributed by atoms with Crippen molar-refractivity contribution in [1.82, 2.24) is 25.1 Å². The zero-order valence-corrected chi connectivity index (χ0v) is 15.9. The maximum absolute atomic E-state index is 4.62. The van der Waals surface area contributed by atoms with Crippen LogP contribution >= 0.6 is 11.8 Å². The van der Waals surface area contributed by atoms with Gasteiger partial charge in [-0.15, -0.1) is 10.2 Å². The van der Waals surface area contributed by atoms with Crippen molar-refractivity contribution in [2.75, 3.05) is 45.5 Å². The van der Waals surface area contributed by atoms with E-state index < -0.39 is 0 Å². The van der Waals surface area contributed by atoms with Crippen LogP contribution in [0.1, 0.15) is 6.42 Å². The summed E-state index contributed by atoms with van der Waals surface area (Å²) in [7, 11) is 2.28. The number of rotatable bonds is 5. The lowest BCUT2D eigenvalue weighted by Gasteiger charge is -2.29. The molecule has 1 fully saturated rings. The normalized spacial score (nSPS) is 16.4. The Kier molecular flexibility index (Phi) is 6.11. The number of hydrogen-bond donors (Lipinski definition) is 2. The highest BCUT2D eigenvalue weighted by Gasteiger charge is 2.15. The predicted octanol–water partition coefficient (Wildman–Crippen LogP) is -2.18. The molecule has 0 amide bonds. The van der Waals surface area contributed by atoms with Crippen molar-refractivity contribution < 1.29 is 17.3 Å². The fourth-order valence-electron chi connectivity index (χ4n) is 3.18. The average Bonchev–Trinajstić information content (AvgIpc) is 2.98. The summed E-state index contributed by atoms with van der Waals surface area (Å²) < 4.78 is 0. The number of thioether (sulfide) groups is 1. The smallest absolute Gasteiger partial charge is 0.211 e. The molecule has 2 N–H and O–H groups in total. The summed E-state index contributed by atoms with van der Waals surface area (Å²) in [6.07, 6.45) is 1.16. The van der Waals surface area contributed by atoms with Crippen LogP contribution in [0.5, 0.6) is 0 Å².